The summed E-state index contributed by atoms with van der Waals surface area (Å²) in [7, 11) is 0. The summed E-state index contributed by atoms with van der Waals surface area (Å²) in [5, 5.41) is 12.4. The van der Waals surface area contributed by atoms with Gasteiger partial charge in [0.05, 0.1) is 15.8 Å². The topological polar surface area (TPSA) is 70.9 Å². The molecule has 30 heavy (non-hydrogen) atoms. The monoisotopic (exact) mass is 580 g/mol. The molecule has 2 heterocycles. The van der Waals surface area contributed by atoms with Crippen LogP contribution in [0.5, 0.6) is 5.75 Å². The molecule has 3 rings (SSSR count). The Kier molecular flexibility index (Phi) is 7.79. The second-order valence-electron chi connectivity index (χ2n) is 6.08. The van der Waals surface area contributed by atoms with Crippen LogP contribution < -0.4 is 9.82 Å². The SMILES string of the molecule is C[C@@H](Oc1ccc(NPI)c(C(=N)c2cnc(F)c(F)c2)c1)c1c(Cl)cncc1Cl. The molecule has 2 atom stereocenters. The first-order valence-electron chi connectivity index (χ1n) is 8.43. The number of ether oxygens (including phenoxy) is 1. The Balaban J connectivity index is 1.96. The molecule has 0 saturated heterocycles. The lowest BCUT2D eigenvalue weighted by Gasteiger charge is -2.19. The van der Waals surface area contributed by atoms with Crippen LogP contribution in [0.4, 0.5) is 14.5 Å². The third-order valence-corrected chi connectivity index (χ3v) is 5.91. The van der Waals surface area contributed by atoms with Gasteiger partial charge in [0.15, 0.2) is 5.82 Å². The highest BCUT2D eigenvalue weighted by atomic mass is 127. The first-order valence-corrected chi connectivity index (χ1v) is 13.3. The number of benzene rings is 1. The Bertz CT molecular complexity index is 1090. The van der Waals surface area contributed by atoms with Gasteiger partial charge >= 0.3 is 0 Å². The largest absolute Gasteiger partial charge is 0.486 e. The van der Waals surface area contributed by atoms with E-state index in [2.05, 4.69) is 37.1 Å². The van der Waals surface area contributed by atoms with E-state index in [9.17, 15) is 8.78 Å². The van der Waals surface area contributed by atoms with Crippen LogP contribution in [0.2, 0.25) is 10.0 Å². The molecule has 0 aliphatic heterocycles. The molecule has 2 N–H and O–H groups in total. The van der Waals surface area contributed by atoms with E-state index in [1.54, 1.807) is 25.1 Å². The van der Waals surface area contributed by atoms with Gasteiger partial charge in [-0.3, -0.25) is 10.4 Å². The summed E-state index contributed by atoms with van der Waals surface area (Å²) in [6.45, 7) is 1.79. The van der Waals surface area contributed by atoms with Crippen molar-refractivity contribution >= 4 is 63.0 Å². The van der Waals surface area contributed by atoms with Crippen molar-refractivity contribution in [1.82, 2.24) is 9.97 Å². The predicted molar refractivity (Wildman–Crippen MR) is 126 cm³/mol. The van der Waals surface area contributed by atoms with Crippen LogP contribution in [0, 0.1) is 17.2 Å². The molecule has 0 fully saturated rings. The van der Waals surface area contributed by atoms with Crippen LogP contribution in [0.15, 0.2) is 42.9 Å². The summed E-state index contributed by atoms with van der Waals surface area (Å²) in [6.07, 6.45) is 3.92. The fraction of sp³-hybridized carbons (Fsp3) is 0.105. The van der Waals surface area contributed by atoms with Crippen LogP contribution in [-0.2, 0) is 0 Å². The van der Waals surface area contributed by atoms with E-state index >= 15 is 0 Å². The number of halogens is 5. The maximum Gasteiger partial charge on any atom is 0.248 e. The van der Waals surface area contributed by atoms with E-state index in [0.29, 0.717) is 39.0 Å². The quantitative estimate of drug-likeness (QED) is 0.137. The van der Waals surface area contributed by atoms with Gasteiger partial charge in [0.1, 0.15) is 11.9 Å². The van der Waals surface area contributed by atoms with E-state index in [1.807, 2.05) is 0 Å². The summed E-state index contributed by atoms with van der Waals surface area (Å²) < 4.78 is 32.8. The van der Waals surface area contributed by atoms with Crippen molar-refractivity contribution in [3.63, 3.8) is 0 Å². The molecule has 0 aliphatic rings. The van der Waals surface area contributed by atoms with E-state index in [-0.39, 0.29) is 11.3 Å². The number of rotatable bonds is 7. The normalized spacial score (nSPS) is 12.2. The average Bonchev–Trinajstić information content (AvgIpc) is 2.70. The maximum atomic E-state index is 13.6. The van der Waals surface area contributed by atoms with Crippen molar-refractivity contribution < 1.29 is 13.5 Å². The molecule has 0 saturated carbocycles. The zero-order valence-electron chi connectivity index (χ0n) is 15.3. The minimum absolute atomic E-state index is 0.0309. The number of hydrogen-bond acceptors (Lipinski definition) is 5. The Morgan fingerprint density at radius 2 is 1.90 bits per heavy atom. The Morgan fingerprint density at radius 3 is 2.53 bits per heavy atom. The highest BCUT2D eigenvalue weighted by Gasteiger charge is 2.18. The zero-order valence-corrected chi connectivity index (χ0v) is 20.0. The summed E-state index contributed by atoms with van der Waals surface area (Å²) in [5.74, 6) is -1.88. The minimum atomic E-state index is -1.21. The van der Waals surface area contributed by atoms with Gasteiger partial charge in [0.25, 0.3) is 0 Å². The Morgan fingerprint density at radius 1 is 1.20 bits per heavy atom. The van der Waals surface area contributed by atoms with Gasteiger partial charge in [-0.05, 0) is 53.2 Å². The second kappa shape index (κ2) is 10.1. The third kappa shape index (κ3) is 5.17. The summed E-state index contributed by atoms with van der Waals surface area (Å²) in [5.41, 5.74) is 1.79. The van der Waals surface area contributed by atoms with Gasteiger partial charge < -0.3 is 9.82 Å². The fourth-order valence-electron chi connectivity index (χ4n) is 2.75. The number of anilines is 1. The smallest absolute Gasteiger partial charge is 0.248 e. The molecule has 1 unspecified atom stereocenters. The highest BCUT2D eigenvalue weighted by molar-refractivity contribution is 14.2. The van der Waals surface area contributed by atoms with Gasteiger partial charge in [-0.1, -0.05) is 23.2 Å². The minimum Gasteiger partial charge on any atom is -0.486 e. The van der Waals surface area contributed by atoms with Crippen LogP contribution in [0.1, 0.15) is 29.7 Å². The molecule has 5 nitrogen and oxygen atoms in total. The first-order chi connectivity index (χ1) is 14.3. The summed E-state index contributed by atoms with van der Waals surface area (Å²) in [4.78, 5) is 7.29. The molecule has 2 aromatic heterocycles. The molecule has 0 radical (unpaired) electrons. The van der Waals surface area contributed by atoms with E-state index in [1.165, 1.54) is 12.4 Å². The third-order valence-electron chi connectivity index (χ3n) is 4.14. The number of pyridine rings is 2. The van der Waals surface area contributed by atoms with Gasteiger partial charge in [-0.15, -0.1) is 0 Å². The number of nitrogens with one attached hydrogen (secondary N) is 2. The van der Waals surface area contributed by atoms with Crippen molar-refractivity contribution in [1.29, 1.82) is 5.41 Å². The van der Waals surface area contributed by atoms with Crippen LogP contribution in [0.3, 0.4) is 0 Å². The molecule has 3 aromatic rings. The Hall–Kier alpha value is -1.61. The lowest BCUT2D eigenvalue weighted by molar-refractivity contribution is 0.227. The number of aromatic nitrogens is 2. The van der Waals surface area contributed by atoms with Crippen LogP contribution in [-0.4, -0.2) is 15.7 Å². The van der Waals surface area contributed by atoms with Crippen LogP contribution in [0.25, 0.3) is 0 Å². The molecule has 0 spiro atoms. The van der Waals surface area contributed by atoms with Crippen molar-refractivity contribution in [3.8, 4) is 5.75 Å². The van der Waals surface area contributed by atoms with Crippen LogP contribution >= 0.6 is 51.6 Å². The van der Waals surface area contributed by atoms with E-state index in [4.69, 9.17) is 33.3 Å². The van der Waals surface area contributed by atoms with Gasteiger partial charge in [0.2, 0.25) is 5.95 Å². The lowest BCUT2D eigenvalue weighted by atomic mass is 10.0. The van der Waals surface area contributed by atoms with E-state index < -0.39 is 17.9 Å². The van der Waals surface area contributed by atoms with Crippen molar-refractivity contribution in [3.05, 3.63) is 81.4 Å². The fourth-order valence-corrected chi connectivity index (χ4v) is 4.61. The molecule has 11 heteroatoms. The zero-order chi connectivity index (χ0) is 21.8. The van der Waals surface area contributed by atoms with Crippen molar-refractivity contribution in [2.75, 3.05) is 5.09 Å². The van der Waals surface area contributed by atoms with E-state index in [0.717, 1.165) is 12.3 Å². The first kappa shape index (κ1) is 23.1. The van der Waals surface area contributed by atoms with Crippen molar-refractivity contribution in [2.24, 2.45) is 0 Å². The van der Waals surface area contributed by atoms with Gasteiger partial charge in [-0.25, -0.2) is 9.37 Å². The molecule has 1 aromatic carbocycles. The standard InChI is InChI=1S/C19H14Cl2F2IN4OP/c1-9(17-13(20)7-26-8-14(17)21)29-11-2-3-16(28-30-24)12(5-11)18(25)10-4-15(22)19(23)27-6-10/h2-9,25,28,30H,1H3/t9-/m1/s1. The average molecular weight is 581 g/mol. The summed E-state index contributed by atoms with van der Waals surface area (Å²) >= 11 is 14.6. The second-order valence-corrected chi connectivity index (χ2v) is 8.95. The maximum absolute atomic E-state index is 13.6. The molecule has 0 bridgehead atoms. The Labute approximate surface area is 196 Å². The van der Waals surface area contributed by atoms with Gasteiger partial charge in [0, 0.05) is 47.3 Å². The van der Waals surface area contributed by atoms with Crippen molar-refractivity contribution in [2.45, 2.75) is 13.0 Å². The molecule has 0 amide bonds. The lowest BCUT2D eigenvalue weighted by Crippen LogP contribution is -2.09. The molecule has 0 aliphatic carbocycles. The number of hydrogen-bond donors (Lipinski definition) is 2. The predicted octanol–water partition coefficient (Wildman–Crippen LogP) is 6.97. The molecule has 156 valence electrons. The number of nitrogens with zero attached hydrogens (tertiary/aromatic N) is 2. The van der Waals surface area contributed by atoms with Gasteiger partial charge in [-0.2, -0.15) is 4.39 Å². The molecular formula is C19H14Cl2F2IN4OP. The summed E-state index contributed by atoms with van der Waals surface area (Å²) in [6, 6.07) is 6.06. The highest BCUT2D eigenvalue weighted by Crippen LogP contribution is 2.35. The molecular weight excluding hydrogens is 567 g/mol.